The second kappa shape index (κ2) is 5.60. The summed E-state index contributed by atoms with van der Waals surface area (Å²) in [6, 6.07) is 5.80. The Labute approximate surface area is 121 Å². The highest BCUT2D eigenvalue weighted by molar-refractivity contribution is 7.17. The molecule has 0 atom stereocenters. The van der Waals surface area contributed by atoms with Gasteiger partial charge < -0.3 is 14.6 Å². The number of anilines is 1. The van der Waals surface area contributed by atoms with Gasteiger partial charge >= 0.3 is 0 Å². The van der Waals surface area contributed by atoms with E-state index in [9.17, 15) is 0 Å². The van der Waals surface area contributed by atoms with E-state index < -0.39 is 0 Å². The number of hydrogen-bond donors (Lipinski definition) is 1. The lowest BCUT2D eigenvalue weighted by Gasteiger charge is -2.11. The summed E-state index contributed by atoms with van der Waals surface area (Å²) in [6.07, 6.45) is 1.66. The van der Waals surface area contributed by atoms with Gasteiger partial charge in [-0.3, -0.25) is 0 Å². The third kappa shape index (κ3) is 2.66. The minimum atomic E-state index is 0.643. The summed E-state index contributed by atoms with van der Waals surface area (Å²) in [5.41, 5.74) is 1.80. The number of nitrogens with one attached hydrogen (secondary N) is 1. The molecule has 1 N–H and O–H groups in total. The molecule has 0 bridgehead atoms. The largest absolute Gasteiger partial charge is 0.463 e. The first-order chi connectivity index (χ1) is 9.74. The fourth-order valence-electron chi connectivity index (χ4n) is 1.91. The second-order valence-electron chi connectivity index (χ2n) is 4.74. The maximum Gasteiger partial charge on any atom is 0.224 e. The van der Waals surface area contributed by atoms with Crippen LogP contribution >= 0.6 is 11.3 Å². The molecular formula is C14H16N4OS. The highest BCUT2D eigenvalue weighted by Gasteiger charge is 2.12. The standard InChI is InChI=1S/C14H16N4OS/c1-18(2)7-6-15-14-16-10-5-9-20-13(10)12(17-14)11-4-3-8-19-11/h3-5,8-9H,6-7H2,1-2H3,(H,15,16,17). The monoisotopic (exact) mass is 288 g/mol. The Morgan fingerprint density at radius 3 is 2.95 bits per heavy atom. The van der Waals surface area contributed by atoms with Crippen LogP contribution in [-0.4, -0.2) is 42.1 Å². The Balaban J connectivity index is 1.94. The number of thiophene rings is 1. The number of rotatable bonds is 5. The summed E-state index contributed by atoms with van der Waals surface area (Å²) < 4.78 is 6.53. The van der Waals surface area contributed by atoms with Crippen molar-refractivity contribution in [1.82, 2.24) is 14.9 Å². The number of aromatic nitrogens is 2. The lowest BCUT2D eigenvalue weighted by molar-refractivity contribution is 0.425. The number of furan rings is 1. The molecule has 3 aromatic heterocycles. The van der Waals surface area contributed by atoms with Gasteiger partial charge in [-0.1, -0.05) is 0 Å². The van der Waals surface area contributed by atoms with E-state index in [-0.39, 0.29) is 0 Å². The third-order valence-corrected chi connectivity index (χ3v) is 3.81. The van der Waals surface area contributed by atoms with Gasteiger partial charge in [0.25, 0.3) is 0 Å². The molecule has 5 nitrogen and oxygen atoms in total. The lowest BCUT2D eigenvalue weighted by Crippen LogP contribution is -2.21. The topological polar surface area (TPSA) is 54.2 Å². The Bertz CT molecular complexity index is 690. The van der Waals surface area contributed by atoms with Crippen LogP contribution in [0.2, 0.25) is 0 Å². The summed E-state index contributed by atoms with van der Waals surface area (Å²) >= 11 is 1.63. The van der Waals surface area contributed by atoms with Gasteiger partial charge in [-0.05, 0) is 37.7 Å². The Kier molecular flexibility index (Phi) is 3.66. The molecule has 6 heteroatoms. The summed E-state index contributed by atoms with van der Waals surface area (Å²) in [7, 11) is 4.08. The molecule has 0 unspecified atom stereocenters. The molecule has 0 radical (unpaired) electrons. The smallest absolute Gasteiger partial charge is 0.224 e. The molecule has 3 aromatic rings. The molecule has 0 aliphatic rings. The van der Waals surface area contributed by atoms with E-state index in [0.717, 1.165) is 34.8 Å². The zero-order valence-electron chi connectivity index (χ0n) is 11.5. The van der Waals surface area contributed by atoms with Crippen LogP contribution in [0, 0.1) is 0 Å². The molecule has 0 fully saturated rings. The van der Waals surface area contributed by atoms with Gasteiger partial charge in [-0.15, -0.1) is 11.3 Å². The predicted molar refractivity (Wildman–Crippen MR) is 82.2 cm³/mol. The van der Waals surface area contributed by atoms with E-state index >= 15 is 0 Å². The van der Waals surface area contributed by atoms with Crippen molar-refractivity contribution in [2.45, 2.75) is 0 Å². The first kappa shape index (κ1) is 13.1. The van der Waals surface area contributed by atoms with E-state index in [1.54, 1.807) is 17.6 Å². The predicted octanol–water partition coefficient (Wildman–Crippen LogP) is 2.92. The zero-order chi connectivity index (χ0) is 13.9. The van der Waals surface area contributed by atoms with Crippen molar-refractivity contribution >= 4 is 27.5 Å². The van der Waals surface area contributed by atoms with E-state index in [1.165, 1.54) is 0 Å². The third-order valence-electron chi connectivity index (χ3n) is 2.90. The normalized spacial score (nSPS) is 11.3. The van der Waals surface area contributed by atoms with Crippen LogP contribution < -0.4 is 5.32 Å². The van der Waals surface area contributed by atoms with Crippen molar-refractivity contribution in [1.29, 1.82) is 0 Å². The SMILES string of the molecule is CN(C)CCNc1nc(-c2ccco2)c2sccc2n1. The number of fused-ring (bicyclic) bond motifs is 1. The van der Waals surface area contributed by atoms with Crippen LogP contribution in [0.15, 0.2) is 34.3 Å². The van der Waals surface area contributed by atoms with Crippen LogP contribution in [-0.2, 0) is 0 Å². The average Bonchev–Trinajstić information content (AvgIpc) is 3.08. The highest BCUT2D eigenvalue weighted by Crippen LogP contribution is 2.31. The molecule has 0 aromatic carbocycles. The maximum absolute atomic E-state index is 5.48. The fraction of sp³-hybridized carbons (Fsp3) is 0.286. The summed E-state index contributed by atoms with van der Waals surface area (Å²) in [4.78, 5) is 11.2. The minimum Gasteiger partial charge on any atom is -0.463 e. The fourth-order valence-corrected chi connectivity index (χ4v) is 2.74. The van der Waals surface area contributed by atoms with Gasteiger partial charge in [-0.2, -0.15) is 0 Å². The van der Waals surface area contributed by atoms with Crippen LogP contribution in [0.4, 0.5) is 5.95 Å². The maximum atomic E-state index is 5.48. The lowest BCUT2D eigenvalue weighted by atomic mass is 10.3. The molecule has 0 amide bonds. The minimum absolute atomic E-state index is 0.643. The molecule has 3 rings (SSSR count). The van der Waals surface area contributed by atoms with Crippen LogP contribution in [0.1, 0.15) is 0 Å². The number of likely N-dealkylation sites (N-methyl/N-ethyl adjacent to an activating group) is 1. The average molecular weight is 288 g/mol. The van der Waals surface area contributed by atoms with Gasteiger partial charge in [0.05, 0.1) is 16.5 Å². The van der Waals surface area contributed by atoms with Crippen LogP contribution in [0.25, 0.3) is 21.7 Å². The Hall–Kier alpha value is -1.92. The number of hydrogen-bond acceptors (Lipinski definition) is 6. The van der Waals surface area contributed by atoms with E-state index in [2.05, 4.69) is 20.2 Å². The van der Waals surface area contributed by atoms with E-state index in [1.807, 2.05) is 37.7 Å². The van der Waals surface area contributed by atoms with Crippen molar-refractivity contribution in [3.8, 4) is 11.5 Å². The molecule has 104 valence electrons. The molecule has 0 saturated heterocycles. The molecule has 0 spiro atoms. The van der Waals surface area contributed by atoms with Crippen molar-refractivity contribution in [2.75, 3.05) is 32.5 Å². The van der Waals surface area contributed by atoms with Crippen LogP contribution in [0.5, 0.6) is 0 Å². The Morgan fingerprint density at radius 2 is 2.20 bits per heavy atom. The van der Waals surface area contributed by atoms with Crippen molar-refractivity contribution in [2.24, 2.45) is 0 Å². The molecule has 0 aliphatic carbocycles. The van der Waals surface area contributed by atoms with Crippen LogP contribution in [0.3, 0.4) is 0 Å². The molecule has 0 aliphatic heterocycles. The Morgan fingerprint density at radius 1 is 1.30 bits per heavy atom. The van der Waals surface area contributed by atoms with Gasteiger partial charge in [0, 0.05) is 13.1 Å². The first-order valence-corrected chi connectivity index (χ1v) is 7.30. The van der Waals surface area contributed by atoms with Gasteiger partial charge in [0.2, 0.25) is 5.95 Å². The summed E-state index contributed by atoms with van der Waals surface area (Å²) in [5, 5.41) is 5.28. The van der Waals surface area contributed by atoms with E-state index in [0.29, 0.717) is 5.95 Å². The van der Waals surface area contributed by atoms with Crippen molar-refractivity contribution in [3.63, 3.8) is 0 Å². The van der Waals surface area contributed by atoms with Crippen molar-refractivity contribution in [3.05, 3.63) is 29.8 Å². The first-order valence-electron chi connectivity index (χ1n) is 6.42. The van der Waals surface area contributed by atoms with E-state index in [4.69, 9.17) is 4.42 Å². The number of nitrogens with zero attached hydrogens (tertiary/aromatic N) is 3. The summed E-state index contributed by atoms with van der Waals surface area (Å²) in [5.74, 6) is 1.42. The van der Waals surface area contributed by atoms with Gasteiger partial charge in [0.15, 0.2) is 5.76 Å². The van der Waals surface area contributed by atoms with Gasteiger partial charge in [-0.25, -0.2) is 9.97 Å². The highest BCUT2D eigenvalue weighted by atomic mass is 32.1. The zero-order valence-corrected chi connectivity index (χ0v) is 12.3. The van der Waals surface area contributed by atoms with Crippen molar-refractivity contribution < 1.29 is 4.42 Å². The molecule has 0 saturated carbocycles. The molecule has 3 heterocycles. The summed E-state index contributed by atoms with van der Waals surface area (Å²) in [6.45, 7) is 1.74. The second-order valence-corrected chi connectivity index (χ2v) is 5.65. The molecular weight excluding hydrogens is 272 g/mol. The quantitative estimate of drug-likeness (QED) is 0.782. The van der Waals surface area contributed by atoms with Gasteiger partial charge in [0.1, 0.15) is 5.69 Å². The molecule has 20 heavy (non-hydrogen) atoms.